The highest BCUT2D eigenvalue weighted by molar-refractivity contribution is 5.94. The lowest BCUT2D eigenvalue weighted by Gasteiger charge is -2.55. The summed E-state index contributed by atoms with van der Waals surface area (Å²) in [4.78, 5) is 11.4. The number of amides is 1. The number of carbonyl (C=O) groups is 1. The van der Waals surface area contributed by atoms with Crippen molar-refractivity contribution in [2.24, 2.45) is 23.1 Å². The highest BCUT2D eigenvalue weighted by atomic mass is 16.2. The Hall–Kier alpha value is -0.830. The van der Waals surface area contributed by atoms with Crippen LogP contribution < -0.4 is 11.3 Å². The number of carbonyl (C=O) groups excluding carboxylic acids is 1. The lowest BCUT2D eigenvalue weighted by molar-refractivity contribution is -0.121. The van der Waals surface area contributed by atoms with E-state index in [1.165, 1.54) is 0 Å². The third-order valence-electron chi connectivity index (χ3n) is 3.86. The van der Waals surface area contributed by atoms with Crippen molar-refractivity contribution in [1.82, 2.24) is 5.43 Å². The SMILES string of the molecule is CC1(C)[C@H]2CC=C(C(=O)NN)[C@@H]1C2. The van der Waals surface area contributed by atoms with Gasteiger partial charge in [0.05, 0.1) is 0 Å². The summed E-state index contributed by atoms with van der Waals surface area (Å²) in [6.07, 6.45) is 4.24. The molecule has 1 fully saturated rings. The van der Waals surface area contributed by atoms with E-state index in [9.17, 15) is 4.79 Å². The fraction of sp³-hybridized carbons (Fsp3) is 0.700. The second-order valence-electron chi connectivity index (χ2n) is 4.68. The second kappa shape index (κ2) is 2.58. The smallest absolute Gasteiger partial charge is 0.261 e. The molecule has 2 bridgehead atoms. The Morgan fingerprint density at radius 1 is 1.69 bits per heavy atom. The fourth-order valence-corrected chi connectivity index (χ4v) is 2.69. The maximum absolute atomic E-state index is 11.4. The average Bonchev–Trinajstić information content (AvgIpc) is 2.16. The molecule has 0 heterocycles. The van der Waals surface area contributed by atoms with Crippen LogP contribution in [0.25, 0.3) is 0 Å². The van der Waals surface area contributed by atoms with E-state index < -0.39 is 0 Å². The van der Waals surface area contributed by atoms with Crippen LogP contribution in [0.5, 0.6) is 0 Å². The molecule has 3 heteroatoms. The van der Waals surface area contributed by atoms with Gasteiger partial charge in [0.1, 0.15) is 0 Å². The van der Waals surface area contributed by atoms with E-state index in [-0.39, 0.29) is 5.91 Å². The number of nitrogens with one attached hydrogen (secondary N) is 1. The Labute approximate surface area is 78.3 Å². The maximum atomic E-state index is 11.4. The van der Waals surface area contributed by atoms with Gasteiger partial charge in [-0.25, -0.2) is 5.84 Å². The summed E-state index contributed by atoms with van der Waals surface area (Å²) in [7, 11) is 0. The molecule has 0 spiro atoms. The first-order valence-corrected chi connectivity index (χ1v) is 4.78. The number of allylic oxidation sites excluding steroid dienone is 1. The van der Waals surface area contributed by atoms with Crippen LogP contribution in [-0.4, -0.2) is 5.91 Å². The van der Waals surface area contributed by atoms with Crippen molar-refractivity contribution < 1.29 is 4.79 Å². The van der Waals surface area contributed by atoms with Crippen LogP contribution in [0.2, 0.25) is 0 Å². The van der Waals surface area contributed by atoms with Gasteiger partial charge in [-0.3, -0.25) is 10.2 Å². The van der Waals surface area contributed by atoms with Crippen molar-refractivity contribution in [3.63, 3.8) is 0 Å². The molecule has 13 heavy (non-hydrogen) atoms. The molecule has 3 rings (SSSR count). The first kappa shape index (κ1) is 8.75. The van der Waals surface area contributed by atoms with Gasteiger partial charge in [0, 0.05) is 5.57 Å². The minimum atomic E-state index is -0.101. The summed E-state index contributed by atoms with van der Waals surface area (Å²) in [6.45, 7) is 4.48. The highest BCUT2D eigenvalue weighted by Crippen LogP contribution is 2.59. The summed E-state index contributed by atoms with van der Waals surface area (Å²) in [5.41, 5.74) is 3.42. The molecule has 0 unspecified atom stereocenters. The number of hydrazine groups is 1. The second-order valence-corrected chi connectivity index (χ2v) is 4.68. The van der Waals surface area contributed by atoms with Crippen molar-refractivity contribution in [2.45, 2.75) is 26.7 Å². The molecule has 3 N–H and O–H groups in total. The number of hydrogen-bond acceptors (Lipinski definition) is 2. The van der Waals surface area contributed by atoms with Gasteiger partial charge in [-0.1, -0.05) is 19.9 Å². The molecule has 3 aliphatic rings. The van der Waals surface area contributed by atoms with Crippen LogP contribution in [-0.2, 0) is 4.79 Å². The van der Waals surface area contributed by atoms with E-state index >= 15 is 0 Å². The Balaban J connectivity index is 2.23. The summed E-state index contributed by atoms with van der Waals surface area (Å²) < 4.78 is 0. The molecule has 1 saturated carbocycles. The van der Waals surface area contributed by atoms with Crippen molar-refractivity contribution >= 4 is 5.91 Å². The minimum Gasteiger partial charge on any atom is -0.290 e. The van der Waals surface area contributed by atoms with Gasteiger partial charge in [0.2, 0.25) is 0 Å². The lowest BCUT2D eigenvalue weighted by atomic mass is 9.49. The minimum absolute atomic E-state index is 0.101. The van der Waals surface area contributed by atoms with E-state index in [0.717, 1.165) is 24.3 Å². The molecule has 0 saturated heterocycles. The van der Waals surface area contributed by atoms with Crippen molar-refractivity contribution in [1.29, 1.82) is 0 Å². The molecule has 2 atom stereocenters. The lowest BCUT2D eigenvalue weighted by Crippen LogP contribution is -2.51. The van der Waals surface area contributed by atoms with Gasteiger partial charge in [-0.15, -0.1) is 0 Å². The van der Waals surface area contributed by atoms with E-state index in [0.29, 0.717) is 11.3 Å². The van der Waals surface area contributed by atoms with Gasteiger partial charge in [0.15, 0.2) is 0 Å². The van der Waals surface area contributed by atoms with Crippen molar-refractivity contribution in [2.75, 3.05) is 0 Å². The number of hydrogen-bond donors (Lipinski definition) is 2. The Kier molecular flexibility index (Phi) is 1.74. The third-order valence-corrected chi connectivity index (χ3v) is 3.86. The normalized spacial score (nSPS) is 34.5. The van der Waals surface area contributed by atoms with Crippen LogP contribution in [0.15, 0.2) is 11.6 Å². The molecular weight excluding hydrogens is 164 g/mol. The van der Waals surface area contributed by atoms with Crippen LogP contribution in [0.3, 0.4) is 0 Å². The van der Waals surface area contributed by atoms with E-state index in [1.54, 1.807) is 0 Å². The fourth-order valence-electron chi connectivity index (χ4n) is 2.69. The first-order chi connectivity index (χ1) is 6.07. The molecular formula is C10H16N2O. The van der Waals surface area contributed by atoms with Crippen LogP contribution in [0, 0.1) is 17.3 Å². The monoisotopic (exact) mass is 180 g/mol. The van der Waals surface area contributed by atoms with Gasteiger partial charge >= 0.3 is 0 Å². The number of rotatable bonds is 1. The zero-order chi connectivity index (χ0) is 9.64. The Morgan fingerprint density at radius 2 is 2.38 bits per heavy atom. The molecule has 0 aromatic heterocycles. The number of fused-ring (bicyclic) bond motifs is 1. The van der Waals surface area contributed by atoms with E-state index in [2.05, 4.69) is 19.3 Å². The molecule has 72 valence electrons. The third kappa shape index (κ3) is 1.03. The summed E-state index contributed by atoms with van der Waals surface area (Å²) >= 11 is 0. The summed E-state index contributed by atoms with van der Waals surface area (Å²) in [6, 6.07) is 0. The summed E-state index contributed by atoms with van der Waals surface area (Å²) in [5, 5.41) is 0. The molecule has 1 amide bonds. The van der Waals surface area contributed by atoms with Crippen LogP contribution in [0.1, 0.15) is 26.7 Å². The zero-order valence-corrected chi connectivity index (χ0v) is 8.13. The van der Waals surface area contributed by atoms with Crippen molar-refractivity contribution in [3.8, 4) is 0 Å². The van der Waals surface area contributed by atoms with Gasteiger partial charge in [-0.05, 0) is 30.1 Å². The Morgan fingerprint density at radius 3 is 2.85 bits per heavy atom. The molecule has 0 aliphatic heterocycles. The summed E-state index contributed by atoms with van der Waals surface area (Å²) in [5.74, 6) is 6.23. The predicted octanol–water partition coefficient (Wildman–Crippen LogP) is 0.969. The Bertz CT molecular complexity index is 281. The molecule has 0 radical (unpaired) electrons. The molecule has 0 aromatic rings. The highest BCUT2D eigenvalue weighted by Gasteiger charge is 2.52. The van der Waals surface area contributed by atoms with Crippen LogP contribution >= 0.6 is 0 Å². The quantitative estimate of drug-likeness (QED) is 0.359. The average molecular weight is 180 g/mol. The largest absolute Gasteiger partial charge is 0.290 e. The zero-order valence-electron chi connectivity index (χ0n) is 8.13. The van der Waals surface area contributed by atoms with E-state index in [4.69, 9.17) is 5.84 Å². The predicted molar refractivity (Wildman–Crippen MR) is 50.4 cm³/mol. The van der Waals surface area contributed by atoms with Gasteiger partial charge in [0.25, 0.3) is 5.91 Å². The first-order valence-electron chi connectivity index (χ1n) is 4.78. The van der Waals surface area contributed by atoms with Crippen molar-refractivity contribution in [3.05, 3.63) is 11.6 Å². The van der Waals surface area contributed by atoms with Crippen LogP contribution in [0.4, 0.5) is 0 Å². The molecule has 3 nitrogen and oxygen atoms in total. The molecule has 0 aromatic carbocycles. The molecule has 3 aliphatic carbocycles. The maximum Gasteiger partial charge on any atom is 0.261 e. The number of nitrogens with two attached hydrogens (primary N) is 1. The van der Waals surface area contributed by atoms with Gasteiger partial charge in [-0.2, -0.15) is 0 Å². The van der Waals surface area contributed by atoms with E-state index in [1.807, 2.05) is 6.08 Å². The standard InChI is InChI=1S/C10H16N2O/c1-10(2)6-3-4-7(8(10)5-6)9(13)12-11/h4,6,8H,3,5,11H2,1-2H3,(H,12,13)/t6-,8-/m0/s1. The van der Waals surface area contributed by atoms with Gasteiger partial charge < -0.3 is 0 Å². The topological polar surface area (TPSA) is 55.1 Å².